The number of carbonyl (C=O) groups excluding carboxylic acids is 2. The summed E-state index contributed by atoms with van der Waals surface area (Å²) in [6, 6.07) is 22.7. The molecule has 1 atom stereocenters. The first-order chi connectivity index (χ1) is 17.5. The van der Waals surface area contributed by atoms with E-state index >= 15 is 0 Å². The molecule has 184 valence electrons. The van der Waals surface area contributed by atoms with E-state index in [9.17, 15) is 9.59 Å². The van der Waals surface area contributed by atoms with Gasteiger partial charge in [0.15, 0.2) is 0 Å². The molecule has 1 N–H and O–H groups in total. The maximum absolute atomic E-state index is 13.8. The number of ether oxygens (including phenoxy) is 1. The van der Waals surface area contributed by atoms with Crippen LogP contribution in [0.4, 0.5) is 0 Å². The number of furan rings is 1. The fraction of sp³-hybridized carbons (Fsp3) is 0.250. The molecule has 2 aromatic carbocycles. The van der Waals surface area contributed by atoms with Gasteiger partial charge >= 0.3 is 0 Å². The molecular formula is C28H28N4O4. The molecule has 8 nitrogen and oxygen atoms in total. The second-order valence-corrected chi connectivity index (χ2v) is 8.99. The van der Waals surface area contributed by atoms with Crippen LogP contribution in [0.1, 0.15) is 28.7 Å². The zero-order chi connectivity index (χ0) is 25.1. The number of fused-ring (bicyclic) bond motifs is 1. The normalized spacial score (nSPS) is 17.1. The van der Waals surface area contributed by atoms with E-state index in [1.807, 2.05) is 66.7 Å². The molecule has 0 aliphatic carbocycles. The highest BCUT2D eigenvalue weighted by atomic mass is 16.5. The minimum atomic E-state index is -1.15. The standard InChI is InChI=1S/C28H28N4O4/c1-28(27(34)29-18-21-11-6-7-13-25(21)35-2)19-32-24(17-23(30-32)20-9-4-3-5-10-20)26(33)31(28)15-14-22-12-8-16-36-22/h3-13,16-17H,14-15,18-19H2,1-2H3,(H,29,34). The van der Waals surface area contributed by atoms with Crippen LogP contribution in [0.15, 0.2) is 83.5 Å². The lowest BCUT2D eigenvalue weighted by atomic mass is 9.94. The summed E-state index contributed by atoms with van der Waals surface area (Å²) in [7, 11) is 1.60. The Hall–Kier alpha value is -4.33. The van der Waals surface area contributed by atoms with E-state index < -0.39 is 5.54 Å². The lowest BCUT2D eigenvalue weighted by Crippen LogP contribution is -2.64. The van der Waals surface area contributed by atoms with Crippen LogP contribution >= 0.6 is 0 Å². The molecule has 0 radical (unpaired) electrons. The Labute approximate surface area is 209 Å². The summed E-state index contributed by atoms with van der Waals surface area (Å²) in [6.45, 7) is 2.63. The number of hydrogen-bond donors (Lipinski definition) is 1. The topological polar surface area (TPSA) is 89.6 Å². The molecule has 8 heteroatoms. The molecule has 2 aromatic heterocycles. The van der Waals surface area contributed by atoms with Gasteiger partial charge in [0.05, 0.1) is 25.6 Å². The summed E-state index contributed by atoms with van der Waals surface area (Å²) < 4.78 is 12.5. The van der Waals surface area contributed by atoms with Crippen LogP contribution in [0.3, 0.4) is 0 Å². The third-order valence-electron chi connectivity index (χ3n) is 6.65. The molecule has 0 saturated heterocycles. The molecule has 0 spiro atoms. The van der Waals surface area contributed by atoms with Crippen LogP contribution in [-0.2, 0) is 24.3 Å². The van der Waals surface area contributed by atoms with Crippen LogP contribution in [0.2, 0.25) is 0 Å². The number of amides is 2. The Morgan fingerprint density at radius 2 is 1.89 bits per heavy atom. The monoisotopic (exact) mass is 484 g/mol. The van der Waals surface area contributed by atoms with E-state index in [1.165, 1.54) is 0 Å². The smallest absolute Gasteiger partial charge is 0.273 e. The molecule has 0 bridgehead atoms. The third-order valence-corrected chi connectivity index (χ3v) is 6.65. The maximum Gasteiger partial charge on any atom is 0.273 e. The number of benzene rings is 2. The van der Waals surface area contributed by atoms with Gasteiger partial charge in [-0.25, -0.2) is 0 Å². The number of rotatable bonds is 8. The fourth-order valence-corrected chi connectivity index (χ4v) is 4.63. The van der Waals surface area contributed by atoms with Gasteiger partial charge in [0, 0.05) is 30.6 Å². The van der Waals surface area contributed by atoms with Crippen molar-refractivity contribution in [3.8, 4) is 17.0 Å². The molecule has 4 aromatic rings. The highest BCUT2D eigenvalue weighted by Crippen LogP contribution is 2.30. The minimum absolute atomic E-state index is 0.233. The van der Waals surface area contributed by atoms with E-state index in [0.29, 0.717) is 30.1 Å². The summed E-state index contributed by atoms with van der Waals surface area (Å²) in [5.41, 5.74) is 1.77. The average Bonchev–Trinajstić information content (AvgIpc) is 3.58. The third kappa shape index (κ3) is 4.37. The number of methoxy groups -OCH3 is 1. The Bertz CT molecular complexity index is 1360. The van der Waals surface area contributed by atoms with Gasteiger partial charge in [-0.1, -0.05) is 48.5 Å². The van der Waals surface area contributed by atoms with E-state index in [0.717, 1.165) is 16.9 Å². The van der Waals surface area contributed by atoms with E-state index in [1.54, 1.807) is 35.9 Å². The molecule has 3 heterocycles. The summed E-state index contributed by atoms with van der Waals surface area (Å²) >= 11 is 0. The first-order valence-electron chi connectivity index (χ1n) is 11.9. The Balaban J connectivity index is 1.45. The predicted molar refractivity (Wildman–Crippen MR) is 134 cm³/mol. The van der Waals surface area contributed by atoms with Gasteiger partial charge in [0.25, 0.3) is 5.91 Å². The molecule has 5 rings (SSSR count). The van der Waals surface area contributed by atoms with Crippen LogP contribution in [-0.4, -0.2) is 45.7 Å². The van der Waals surface area contributed by atoms with Crippen molar-refractivity contribution in [2.24, 2.45) is 0 Å². The van der Waals surface area contributed by atoms with Crippen LogP contribution < -0.4 is 10.1 Å². The van der Waals surface area contributed by atoms with Crippen molar-refractivity contribution in [1.82, 2.24) is 20.0 Å². The number of aromatic nitrogens is 2. The van der Waals surface area contributed by atoms with Gasteiger partial charge in [0.2, 0.25) is 5.91 Å². The average molecular weight is 485 g/mol. The van der Waals surface area contributed by atoms with Gasteiger partial charge in [-0.3, -0.25) is 14.3 Å². The van der Waals surface area contributed by atoms with E-state index in [4.69, 9.17) is 14.3 Å². The molecule has 36 heavy (non-hydrogen) atoms. The summed E-state index contributed by atoms with van der Waals surface area (Å²) in [5.74, 6) is 0.948. The highest BCUT2D eigenvalue weighted by molar-refractivity contribution is 6.00. The number of hydrogen-bond acceptors (Lipinski definition) is 5. The van der Waals surface area contributed by atoms with Gasteiger partial charge in [0.1, 0.15) is 22.7 Å². The minimum Gasteiger partial charge on any atom is -0.496 e. The predicted octanol–water partition coefficient (Wildman–Crippen LogP) is 3.93. The van der Waals surface area contributed by atoms with Crippen molar-refractivity contribution >= 4 is 11.8 Å². The zero-order valence-electron chi connectivity index (χ0n) is 20.3. The zero-order valence-corrected chi connectivity index (χ0v) is 20.3. The van der Waals surface area contributed by atoms with Crippen molar-refractivity contribution in [2.45, 2.75) is 32.0 Å². The van der Waals surface area contributed by atoms with Crippen molar-refractivity contribution in [1.29, 1.82) is 0 Å². The first kappa shape index (κ1) is 23.4. The Morgan fingerprint density at radius 3 is 2.64 bits per heavy atom. The van der Waals surface area contributed by atoms with Gasteiger partial charge in [-0.05, 0) is 31.2 Å². The highest BCUT2D eigenvalue weighted by Gasteiger charge is 2.47. The number of para-hydroxylation sites is 1. The second-order valence-electron chi connectivity index (χ2n) is 8.99. The first-order valence-corrected chi connectivity index (χ1v) is 11.9. The molecule has 0 fully saturated rings. The number of nitrogens with one attached hydrogen (secondary N) is 1. The summed E-state index contributed by atoms with van der Waals surface area (Å²) in [6.07, 6.45) is 2.10. The lowest BCUT2D eigenvalue weighted by Gasteiger charge is -2.43. The molecule has 0 saturated carbocycles. The second kappa shape index (κ2) is 9.73. The molecule has 1 aliphatic rings. The van der Waals surface area contributed by atoms with Crippen molar-refractivity contribution < 1.29 is 18.7 Å². The van der Waals surface area contributed by atoms with E-state index in [2.05, 4.69) is 5.32 Å². The number of nitrogens with zero attached hydrogens (tertiary/aromatic N) is 3. The van der Waals surface area contributed by atoms with Crippen LogP contribution in [0.5, 0.6) is 5.75 Å². The Morgan fingerprint density at radius 1 is 1.11 bits per heavy atom. The molecule has 1 unspecified atom stereocenters. The van der Waals surface area contributed by atoms with Gasteiger partial charge in [-0.2, -0.15) is 5.10 Å². The summed E-state index contributed by atoms with van der Waals surface area (Å²) in [4.78, 5) is 29.1. The van der Waals surface area contributed by atoms with Gasteiger partial charge in [-0.15, -0.1) is 0 Å². The fourth-order valence-electron chi connectivity index (χ4n) is 4.63. The maximum atomic E-state index is 13.8. The van der Waals surface area contributed by atoms with Crippen molar-refractivity contribution in [3.05, 3.63) is 96.1 Å². The largest absolute Gasteiger partial charge is 0.496 e. The Kier molecular flexibility index (Phi) is 6.33. The van der Waals surface area contributed by atoms with Crippen LogP contribution in [0, 0.1) is 0 Å². The van der Waals surface area contributed by atoms with E-state index in [-0.39, 0.29) is 24.9 Å². The lowest BCUT2D eigenvalue weighted by molar-refractivity contribution is -0.133. The number of carbonyl (C=O) groups is 2. The quantitative estimate of drug-likeness (QED) is 0.409. The SMILES string of the molecule is COc1ccccc1CNC(=O)C1(C)Cn2nc(-c3ccccc3)cc2C(=O)N1CCc1ccco1. The van der Waals surface area contributed by atoms with Crippen molar-refractivity contribution in [2.75, 3.05) is 13.7 Å². The molecule has 2 amide bonds. The van der Waals surface area contributed by atoms with Crippen molar-refractivity contribution in [3.63, 3.8) is 0 Å². The van der Waals surface area contributed by atoms with Crippen LogP contribution in [0.25, 0.3) is 11.3 Å². The molecule has 1 aliphatic heterocycles. The molecular weight excluding hydrogens is 456 g/mol. The van der Waals surface area contributed by atoms with Gasteiger partial charge < -0.3 is 19.4 Å². The summed E-state index contributed by atoms with van der Waals surface area (Å²) in [5, 5.41) is 7.71.